The number of hydrogen-bond donors (Lipinski definition) is 2. The van der Waals surface area contributed by atoms with Gasteiger partial charge in [-0.2, -0.15) is 0 Å². The lowest BCUT2D eigenvalue weighted by Gasteiger charge is -2.32. The summed E-state index contributed by atoms with van der Waals surface area (Å²) in [6.07, 6.45) is 8.58. The zero-order valence-corrected chi connectivity index (χ0v) is 18.9. The second kappa shape index (κ2) is 11.2. The molecule has 168 valence electrons. The molecule has 1 fully saturated rings. The standard InChI is InChI=1S/C25H35N3O3/c1-4-17(14-25(29)30)19-7-8-22(21(5-2)18-9-11-31-12-10-18)23(13-19)28-20-15-26-24(6-3)27-16-20/h7-8,13,15-18,21,28H,4-6,9-12,14H2,1-3H3,(H,29,30)/t17?,21-/m0/s1. The summed E-state index contributed by atoms with van der Waals surface area (Å²) in [5.74, 6) is 1.07. The Balaban J connectivity index is 1.97. The quantitative estimate of drug-likeness (QED) is 0.510. The van der Waals surface area contributed by atoms with Crippen molar-refractivity contribution in [2.24, 2.45) is 5.92 Å². The van der Waals surface area contributed by atoms with Gasteiger partial charge in [-0.05, 0) is 60.6 Å². The molecule has 1 aromatic heterocycles. The number of nitrogens with zero attached hydrogens (tertiary/aromatic N) is 2. The molecule has 0 amide bonds. The summed E-state index contributed by atoms with van der Waals surface area (Å²) in [5.41, 5.74) is 4.23. The summed E-state index contributed by atoms with van der Waals surface area (Å²) in [4.78, 5) is 20.2. The van der Waals surface area contributed by atoms with E-state index in [1.54, 1.807) is 0 Å². The molecule has 1 unspecified atom stereocenters. The maximum atomic E-state index is 11.4. The van der Waals surface area contributed by atoms with E-state index < -0.39 is 5.97 Å². The molecule has 0 radical (unpaired) electrons. The third kappa shape index (κ3) is 6.03. The normalized spacial score (nSPS) is 16.6. The summed E-state index contributed by atoms with van der Waals surface area (Å²) >= 11 is 0. The summed E-state index contributed by atoms with van der Waals surface area (Å²) < 4.78 is 5.59. The monoisotopic (exact) mass is 425 g/mol. The number of aryl methyl sites for hydroxylation is 1. The van der Waals surface area contributed by atoms with Crippen LogP contribution in [0.3, 0.4) is 0 Å². The Morgan fingerprint density at radius 2 is 1.87 bits per heavy atom. The molecule has 1 aromatic carbocycles. The van der Waals surface area contributed by atoms with Crippen LogP contribution in [0.25, 0.3) is 0 Å². The van der Waals surface area contributed by atoms with Gasteiger partial charge >= 0.3 is 5.97 Å². The molecule has 0 saturated carbocycles. The van der Waals surface area contributed by atoms with Crippen molar-refractivity contribution in [3.8, 4) is 0 Å². The zero-order valence-electron chi connectivity index (χ0n) is 18.9. The van der Waals surface area contributed by atoms with Crippen molar-refractivity contribution >= 4 is 17.3 Å². The fraction of sp³-hybridized carbons (Fsp3) is 0.560. The molecule has 2 heterocycles. The van der Waals surface area contributed by atoms with Crippen LogP contribution in [-0.4, -0.2) is 34.3 Å². The number of anilines is 2. The maximum Gasteiger partial charge on any atom is 0.303 e. The highest BCUT2D eigenvalue weighted by molar-refractivity contribution is 5.69. The lowest BCUT2D eigenvalue weighted by Crippen LogP contribution is -2.22. The van der Waals surface area contributed by atoms with Gasteiger partial charge in [-0.15, -0.1) is 0 Å². The van der Waals surface area contributed by atoms with Crippen LogP contribution in [0.4, 0.5) is 11.4 Å². The van der Waals surface area contributed by atoms with Crippen molar-refractivity contribution in [2.75, 3.05) is 18.5 Å². The molecule has 0 spiro atoms. The first-order valence-electron chi connectivity index (χ1n) is 11.6. The summed E-state index contributed by atoms with van der Waals surface area (Å²) in [6, 6.07) is 6.46. The van der Waals surface area contributed by atoms with Gasteiger partial charge in [-0.3, -0.25) is 4.79 Å². The lowest BCUT2D eigenvalue weighted by atomic mass is 9.78. The molecule has 1 aliphatic heterocycles. The highest BCUT2D eigenvalue weighted by Gasteiger charge is 2.27. The SMILES string of the molecule is CCc1ncc(Nc2cc(C(CC)CC(=O)O)ccc2[C@@H](CC)C2CCOCC2)cn1. The smallest absolute Gasteiger partial charge is 0.303 e. The Morgan fingerprint density at radius 3 is 2.45 bits per heavy atom. The molecule has 1 aliphatic rings. The van der Waals surface area contributed by atoms with Crippen LogP contribution < -0.4 is 5.32 Å². The fourth-order valence-corrected chi connectivity index (χ4v) is 4.65. The van der Waals surface area contributed by atoms with Gasteiger partial charge < -0.3 is 15.2 Å². The maximum absolute atomic E-state index is 11.4. The summed E-state index contributed by atoms with van der Waals surface area (Å²) in [7, 11) is 0. The van der Waals surface area contributed by atoms with Crippen LogP contribution in [-0.2, 0) is 16.0 Å². The van der Waals surface area contributed by atoms with Gasteiger partial charge in [0.15, 0.2) is 0 Å². The second-order valence-electron chi connectivity index (χ2n) is 8.38. The highest BCUT2D eigenvalue weighted by Crippen LogP contribution is 2.40. The molecule has 1 saturated heterocycles. The van der Waals surface area contributed by atoms with E-state index in [0.717, 1.165) is 68.1 Å². The predicted octanol–water partition coefficient (Wildman–Crippen LogP) is 5.67. The van der Waals surface area contributed by atoms with Gasteiger partial charge in [0, 0.05) is 25.3 Å². The third-order valence-electron chi connectivity index (χ3n) is 6.44. The molecule has 3 rings (SSSR count). The molecule has 2 N–H and O–H groups in total. The summed E-state index contributed by atoms with van der Waals surface area (Å²) in [5, 5.41) is 12.9. The minimum Gasteiger partial charge on any atom is -0.481 e. The number of carbonyl (C=O) groups is 1. The molecule has 2 aromatic rings. The number of carboxylic acids is 1. The predicted molar refractivity (Wildman–Crippen MR) is 123 cm³/mol. The Hall–Kier alpha value is -2.47. The van der Waals surface area contributed by atoms with E-state index in [0.29, 0.717) is 11.8 Å². The van der Waals surface area contributed by atoms with Crippen LogP contribution in [0, 0.1) is 5.92 Å². The Kier molecular flexibility index (Phi) is 8.41. The molecule has 31 heavy (non-hydrogen) atoms. The topological polar surface area (TPSA) is 84.3 Å². The molecule has 0 aliphatic carbocycles. The van der Waals surface area contributed by atoms with Crippen molar-refractivity contribution in [3.63, 3.8) is 0 Å². The van der Waals surface area contributed by atoms with Crippen LogP contribution in [0.2, 0.25) is 0 Å². The lowest BCUT2D eigenvalue weighted by molar-refractivity contribution is -0.137. The van der Waals surface area contributed by atoms with Gasteiger partial charge in [0.2, 0.25) is 0 Å². The number of aromatic nitrogens is 2. The molecular formula is C25H35N3O3. The van der Waals surface area contributed by atoms with Crippen LogP contribution in [0.1, 0.15) is 81.7 Å². The zero-order chi connectivity index (χ0) is 22.2. The van der Waals surface area contributed by atoms with E-state index in [2.05, 4.69) is 40.4 Å². The van der Waals surface area contributed by atoms with Crippen molar-refractivity contribution in [2.45, 2.75) is 71.1 Å². The van der Waals surface area contributed by atoms with Gasteiger partial charge in [0.25, 0.3) is 0 Å². The number of benzene rings is 1. The third-order valence-corrected chi connectivity index (χ3v) is 6.44. The molecule has 2 atom stereocenters. The average Bonchev–Trinajstić information content (AvgIpc) is 2.80. The Bertz CT molecular complexity index is 848. The first-order valence-corrected chi connectivity index (χ1v) is 11.6. The number of hydrogen-bond acceptors (Lipinski definition) is 5. The average molecular weight is 426 g/mol. The van der Waals surface area contributed by atoms with Gasteiger partial charge in [0.05, 0.1) is 24.5 Å². The van der Waals surface area contributed by atoms with Crippen LogP contribution >= 0.6 is 0 Å². The number of nitrogens with one attached hydrogen (secondary N) is 1. The first kappa shape index (κ1) is 23.2. The van der Waals surface area contributed by atoms with E-state index in [4.69, 9.17) is 4.74 Å². The van der Waals surface area contributed by atoms with Crippen LogP contribution in [0.5, 0.6) is 0 Å². The van der Waals surface area contributed by atoms with E-state index >= 15 is 0 Å². The van der Waals surface area contributed by atoms with Crippen molar-refractivity contribution in [3.05, 3.63) is 47.5 Å². The largest absolute Gasteiger partial charge is 0.481 e. The molecule has 6 nitrogen and oxygen atoms in total. The number of rotatable bonds is 10. The minimum absolute atomic E-state index is 0.00558. The van der Waals surface area contributed by atoms with Gasteiger partial charge in [-0.25, -0.2) is 9.97 Å². The van der Waals surface area contributed by atoms with Crippen molar-refractivity contribution in [1.29, 1.82) is 0 Å². The van der Waals surface area contributed by atoms with Crippen molar-refractivity contribution < 1.29 is 14.6 Å². The van der Waals surface area contributed by atoms with Crippen molar-refractivity contribution in [1.82, 2.24) is 9.97 Å². The van der Waals surface area contributed by atoms with E-state index in [1.807, 2.05) is 26.2 Å². The van der Waals surface area contributed by atoms with E-state index in [1.165, 1.54) is 5.56 Å². The second-order valence-corrected chi connectivity index (χ2v) is 8.38. The van der Waals surface area contributed by atoms with Gasteiger partial charge in [0.1, 0.15) is 5.82 Å². The van der Waals surface area contributed by atoms with E-state index in [-0.39, 0.29) is 12.3 Å². The number of ether oxygens (including phenoxy) is 1. The summed E-state index contributed by atoms with van der Waals surface area (Å²) in [6.45, 7) is 7.98. The van der Waals surface area contributed by atoms with Crippen LogP contribution in [0.15, 0.2) is 30.6 Å². The molecular weight excluding hydrogens is 390 g/mol. The molecule has 6 heteroatoms. The Labute approximate surface area is 185 Å². The first-order chi connectivity index (χ1) is 15.0. The fourth-order valence-electron chi connectivity index (χ4n) is 4.65. The van der Waals surface area contributed by atoms with E-state index in [9.17, 15) is 9.90 Å². The Morgan fingerprint density at radius 1 is 1.16 bits per heavy atom. The molecule has 0 bridgehead atoms. The minimum atomic E-state index is -0.761. The highest BCUT2D eigenvalue weighted by atomic mass is 16.5. The van der Waals surface area contributed by atoms with Gasteiger partial charge in [-0.1, -0.05) is 32.9 Å². The number of aliphatic carboxylic acids is 1. The number of carboxylic acid groups (broad SMARTS) is 1.